The van der Waals surface area contributed by atoms with Crippen molar-refractivity contribution in [1.82, 2.24) is 10.6 Å². The fraction of sp³-hybridized carbons (Fsp3) is 0.333. The Hall–Kier alpha value is -3.62. The number of furan rings is 1. The second-order valence-corrected chi connectivity index (χ2v) is 6.69. The lowest BCUT2D eigenvalue weighted by Gasteiger charge is -2.24. The molecule has 2 aromatic rings. The van der Waals surface area contributed by atoms with Gasteiger partial charge in [-0.05, 0) is 38.1 Å². The lowest BCUT2D eigenvalue weighted by Crippen LogP contribution is -2.50. The first kappa shape index (κ1) is 21.1. The number of benzene rings is 1. The van der Waals surface area contributed by atoms with Gasteiger partial charge in [-0.15, -0.1) is 0 Å². The number of nitrogens with one attached hydrogen (secondary N) is 2. The van der Waals surface area contributed by atoms with E-state index in [0.717, 1.165) is 0 Å². The summed E-state index contributed by atoms with van der Waals surface area (Å²) in [5.41, 5.74) is 0.822. The van der Waals surface area contributed by atoms with E-state index >= 15 is 0 Å². The summed E-state index contributed by atoms with van der Waals surface area (Å²) < 4.78 is 10.2. The third kappa shape index (κ3) is 5.05. The van der Waals surface area contributed by atoms with E-state index in [-0.39, 0.29) is 31.2 Å². The first-order valence-electron chi connectivity index (χ1n) is 9.69. The Labute approximate surface area is 174 Å². The van der Waals surface area contributed by atoms with Gasteiger partial charge in [-0.1, -0.05) is 18.2 Å². The smallest absolute Gasteiger partial charge is 0.354 e. The summed E-state index contributed by atoms with van der Waals surface area (Å²) in [6.07, 6.45) is 1.60. The molecule has 0 spiro atoms. The number of hydrazone groups is 1. The lowest BCUT2D eigenvalue weighted by atomic mass is 10.1. The number of anilines is 1. The number of esters is 1. The van der Waals surface area contributed by atoms with Gasteiger partial charge in [0.1, 0.15) is 23.6 Å². The molecule has 0 saturated carbocycles. The van der Waals surface area contributed by atoms with Crippen LogP contribution in [0, 0.1) is 0 Å². The molecule has 1 aromatic heterocycles. The highest BCUT2D eigenvalue weighted by Gasteiger charge is 2.37. The Morgan fingerprint density at radius 1 is 1.23 bits per heavy atom. The third-order valence-corrected chi connectivity index (χ3v) is 4.51. The van der Waals surface area contributed by atoms with Crippen LogP contribution in [0.2, 0.25) is 0 Å². The van der Waals surface area contributed by atoms with E-state index < -0.39 is 24.0 Å². The van der Waals surface area contributed by atoms with Gasteiger partial charge in [-0.3, -0.25) is 14.6 Å². The second-order valence-electron chi connectivity index (χ2n) is 6.69. The Morgan fingerprint density at radius 3 is 2.67 bits per heavy atom. The van der Waals surface area contributed by atoms with Crippen molar-refractivity contribution >= 4 is 29.2 Å². The predicted octanol–water partition coefficient (Wildman–Crippen LogP) is 1.60. The number of hydrogen-bond acceptors (Lipinski definition) is 7. The molecule has 1 aliphatic heterocycles. The van der Waals surface area contributed by atoms with Crippen LogP contribution >= 0.6 is 0 Å². The molecule has 9 nitrogen and oxygen atoms in total. The van der Waals surface area contributed by atoms with Crippen LogP contribution in [-0.2, 0) is 25.7 Å². The van der Waals surface area contributed by atoms with Crippen molar-refractivity contribution in [1.29, 1.82) is 0 Å². The lowest BCUT2D eigenvalue weighted by molar-refractivity contribution is -0.135. The minimum absolute atomic E-state index is 0.0836. The molecule has 2 unspecified atom stereocenters. The molecule has 9 heteroatoms. The zero-order valence-electron chi connectivity index (χ0n) is 16.8. The molecule has 2 N–H and O–H groups in total. The number of rotatable bonds is 8. The van der Waals surface area contributed by atoms with Crippen molar-refractivity contribution in [3.63, 3.8) is 0 Å². The Balaban J connectivity index is 1.66. The zero-order valence-corrected chi connectivity index (χ0v) is 16.8. The minimum Gasteiger partial charge on any atom is -0.467 e. The van der Waals surface area contributed by atoms with Crippen LogP contribution in [0.1, 0.15) is 26.0 Å². The molecule has 2 heterocycles. The molecule has 0 saturated heterocycles. The first-order valence-corrected chi connectivity index (χ1v) is 9.69. The Morgan fingerprint density at radius 2 is 2.00 bits per heavy atom. The quantitative estimate of drug-likeness (QED) is 0.637. The van der Waals surface area contributed by atoms with Gasteiger partial charge in [0.05, 0.1) is 25.1 Å². The van der Waals surface area contributed by atoms with Crippen LogP contribution < -0.4 is 15.6 Å². The van der Waals surface area contributed by atoms with Gasteiger partial charge < -0.3 is 19.8 Å². The van der Waals surface area contributed by atoms with Gasteiger partial charge in [-0.2, -0.15) is 5.10 Å². The summed E-state index contributed by atoms with van der Waals surface area (Å²) in [6, 6.07) is 11.0. The predicted molar refractivity (Wildman–Crippen MR) is 110 cm³/mol. The maximum Gasteiger partial charge on any atom is 0.354 e. The monoisotopic (exact) mass is 412 g/mol. The number of ether oxygens (including phenoxy) is 1. The average molecular weight is 412 g/mol. The highest BCUT2D eigenvalue weighted by atomic mass is 16.5. The average Bonchev–Trinajstić information content (AvgIpc) is 3.43. The van der Waals surface area contributed by atoms with Crippen LogP contribution in [0.4, 0.5) is 5.69 Å². The molecular weight excluding hydrogens is 388 g/mol. The van der Waals surface area contributed by atoms with Gasteiger partial charge in [-0.25, -0.2) is 4.79 Å². The summed E-state index contributed by atoms with van der Waals surface area (Å²) in [5.74, 6) is -0.712. The number of carbonyl (C=O) groups is 3. The van der Waals surface area contributed by atoms with Gasteiger partial charge in [0.2, 0.25) is 11.8 Å². The molecule has 30 heavy (non-hydrogen) atoms. The number of carbonyl (C=O) groups excluding carboxylic acids is 3. The van der Waals surface area contributed by atoms with Crippen molar-refractivity contribution in [3.05, 3.63) is 54.5 Å². The maximum atomic E-state index is 12.9. The summed E-state index contributed by atoms with van der Waals surface area (Å²) >= 11 is 0. The zero-order chi connectivity index (χ0) is 21.5. The molecule has 158 valence electrons. The fourth-order valence-corrected chi connectivity index (χ4v) is 2.99. The van der Waals surface area contributed by atoms with Crippen molar-refractivity contribution < 1.29 is 23.5 Å². The molecule has 0 radical (unpaired) electrons. The van der Waals surface area contributed by atoms with Crippen LogP contribution in [0.25, 0.3) is 0 Å². The molecule has 3 rings (SSSR count). The van der Waals surface area contributed by atoms with Gasteiger partial charge in [0, 0.05) is 6.42 Å². The van der Waals surface area contributed by atoms with Gasteiger partial charge in [0.25, 0.3) is 0 Å². The summed E-state index contributed by atoms with van der Waals surface area (Å²) in [6.45, 7) is 3.73. The third-order valence-electron chi connectivity index (χ3n) is 4.51. The van der Waals surface area contributed by atoms with E-state index in [4.69, 9.17) is 9.15 Å². The van der Waals surface area contributed by atoms with Crippen molar-refractivity contribution in [2.75, 3.05) is 11.6 Å². The van der Waals surface area contributed by atoms with Crippen molar-refractivity contribution in [2.24, 2.45) is 5.10 Å². The Bertz CT molecular complexity index is 911. The molecule has 0 bridgehead atoms. The first-order chi connectivity index (χ1) is 14.5. The summed E-state index contributed by atoms with van der Waals surface area (Å²) in [7, 11) is 0. The van der Waals surface area contributed by atoms with E-state index in [1.807, 2.05) is 18.2 Å². The normalized spacial score (nSPS) is 16.5. The van der Waals surface area contributed by atoms with Gasteiger partial charge >= 0.3 is 5.97 Å². The number of amides is 2. The van der Waals surface area contributed by atoms with E-state index in [2.05, 4.69) is 15.7 Å². The largest absolute Gasteiger partial charge is 0.467 e. The van der Waals surface area contributed by atoms with Crippen molar-refractivity contribution in [2.45, 2.75) is 38.9 Å². The topological polar surface area (TPSA) is 113 Å². The summed E-state index contributed by atoms with van der Waals surface area (Å²) in [4.78, 5) is 37.4. The molecule has 2 amide bonds. The van der Waals surface area contributed by atoms with E-state index in [0.29, 0.717) is 11.4 Å². The number of hydrogen-bond donors (Lipinski definition) is 2. The number of nitrogens with zero attached hydrogens (tertiary/aromatic N) is 2. The molecule has 0 aliphatic carbocycles. The maximum absolute atomic E-state index is 12.9. The molecular formula is C21H24N4O5. The summed E-state index contributed by atoms with van der Waals surface area (Å²) in [5, 5.41) is 11.2. The standard InChI is InChI=1S/C21H24N4O5/c1-3-29-21(28)17-12-18(25(24-17)15-8-5-4-6-9-15)20(27)23-14(2)19(26)22-13-16-10-7-11-30-16/h4-11,14,18H,3,12-13H2,1-2H3,(H,22,26)(H,23,27). The van der Waals surface area contributed by atoms with Gasteiger partial charge in [0.15, 0.2) is 0 Å². The minimum atomic E-state index is -0.781. The highest BCUT2D eigenvalue weighted by Crippen LogP contribution is 2.25. The SMILES string of the molecule is CCOC(=O)C1=NN(c2ccccc2)C(C(=O)NC(C)C(=O)NCc2ccco2)C1. The fourth-order valence-electron chi connectivity index (χ4n) is 2.99. The Kier molecular flexibility index (Phi) is 6.84. The highest BCUT2D eigenvalue weighted by molar-refractivity contribution is 6.38. The number of para-hydroxylation sites is 1. The van der Waals surface area contributed by atoms with E-state index in [1.54, 1.807) is 38.1 Å². The van der Waals surface area contributed by atoms with Crippen LogP contribution in [0.3, 0.4) is 0 Å². The molecule has 0 fully saturated rings. The van der Waals surface area contributed by atoms with Crippen LogP contribution in [0.15, 0.2) is 58.2 Å². The van der Waals surface area contributed by atoms with E-state index in [9.17, 15) is 14.4 Å². The molecule has 1 aliphatic rings. The second kappa shape index (κ2) is 9.73. The van der Waals surface area contributed by atoms with E-state index in [1.165, 1.54) is 11.3 Å². The molecule has 1 aromatic carbocycles. The van der Waals surface area contributed by atoms with Crippen LogP contribution in [0.5, 0.6) is 0 Å². The van der Waals surface area contributed by atoms with Crippen LogP contribution in [-0.4, -0.2) is 42.2 Å². The van der Waals surface area contributed by atoms with Crippen molar-refractivity contribution in [3.8, 4) is 0 Å². The molecule has 2 atom stereocenters.